The Balaban J connectivity index is 2.05. The first-order chi connectivity index (χ1) is 13.7. The van der Waals surface area contributed by atoms with Crippen LogP contribution in [0.1, 0.15) is 13.8 Å². The lowest BCUT2D eigenvalue weighted by atomic mass is 10.3. The molecule has 162 valence electrons. The molecule has 0 atom stereocenters. The number of ether oxygens (including phenoxy) is 2. The number of nitrogens with zero attached hydrogens (tertiary/aromatic N) is 2. The predicted molar refractivity (Wildman–Crippen MR) is 111 cm³/mol. The molecule has 9 heteroatoms. The van der Waals surface area contributed by atoms with Crippen molar-refractivity contribution in [2.45, 2.75) is 18.7 Å². The lowest BCUT2D eigenvalue weighted by Crippen LogP contribution is -3.15. The van der Waals surface area contributed by atoms with Crippen LogP contribution < -0.4 is 14.4 Å². The van der Waals surface area contributed by atoms with Gasteiger partial charge in [0.25, 0.3) is 5.91 Å². The molecule has 1 aromatic carbocycles. The number of quaternary nitrogens is 1. The van der Waals surface area contributed by atoms with Crippen LogP contribution >= 0.6 is 0 Å². The predicted octanol–water partition coefficient (Wildman–Crippen LogP) is 0.0176. The highest BCUT2D eigenvalue weighted by Gasteiger charge is 2.33. The number of amides is 1. The van der Waals surface area contributed by atoms with Crippen molar-refractivity contribution in [3.63, 3.8) is 0 Å². The molecule has 1 saturated heterocycles. The van der Waals surface area contributed by atoms with Crippen molar-refractivity contribution in [2.24, 2.45) is 0 Å². The van der Waals surface area contributed by atoms with E-state index in [4.69, 9.17) is 9.47 Å². The summed E-state index contributed by atoms with van der Waals surface area (Å²) in [4.78, 5) is 15.5. The standard InChI is InChI=1S/C20H31N3O5S/c1-6-22(14-16(2)3)20(24)15-21-9-11-23(12-10-21)29(25,26)19-13-17(27-4)7-8-18(19)28-5/h7-8,13H,2,6,9-12,14-15H2,1,3-5H3/p+1. The van der Waals surface area contributed by atoms with Crippen LogP contribution in [0.4, 0.5) is 0 Å². The van der Waals surface area contributed by atoms with Crippen LogP contribution in [0.2, 0.25) is 0 Å². The minimum absolute atomic E-state index is 0.0660. The highest BCUT2D eigenvalue weighted by atomic mass is 32.2. The van der Waals surface area contributed by atoms with E-state index in [2.05, 4.69) is 6.58 Å². The summed E-state index contributed by atoms with van der Waals surface area (Å²) in [6.45, 7) is 11.1. The van der Waals surface area contributed by atoms with Gasteiger partial charge in [-0.15, -0.1) is 0 Å². The molecule has 0 radical (unpaired) electrons. The first-order valence-corrected chi connectivity index (χ1v) is 11.1. The van der Waals surface area contributed by atoms with Crippen molar-refractivity contribution in [2.75, 3.05) is 60.0 Å². The number of piperazine rings is 1. The first-order valence-electron chi connectivity index (χ1n) is 9.70. The number of rotatable bonds is 9. The molecule has 2 rings (SSSR count). The average Bonchev–Trinajstić information content (AvgIpc) is 2.71. The normalized spacial score (nSPS) is 15.7. The first kappa shape index (κ1) is 23.2. The minimum atomic E-state index is -3.72. The summed E-state index contributed by atoms with van der Waals surface area (Å²) in [6.07, 6.45) is 0. The zero-order chi connectivity index (χ0) is 21.6. The van der Waals surface area contributed by atoms with Crippen molar-refractivity contribution in [1.82, 2.24) is 9.21 Å². The van der Waals surface area contributed by atoms with Gasteiger partial charge in [-0.2, -0.15) is 4.31 Å². The fourth-order valence-electron chi connectivity index (χ4n) is 3.37. The van der Waals surface area contributed by atoms with Crippen LogP contribution in [0.5, 0.6) is 11.5 Å². The van der Waals surface area contributed by atoms with Crippen LogP contribution in [-0.4, -0.2) is 83.6 Å². The fraction of sp³-hybridized carbons (Fsp3) is 0.550. The van der Waals surface area contributed by atoms with Crippen LogP contribution in [0, 0.1) is 0 Å². The summed E-state index contributed by atoms with van der Waals surface area (Å²) in [5.41, 5.74) is 0.943. The van der Waals surface area contributed by atoms with Crippen molar-refractivity contribution < 1.29 is 27.6 Å². The van der Waals surface area contributed by atoms with E-state index in [0.29, 0.717) is 51.6 Å². The highest BCUT2D eigenvalue weighted by Crippen LogP contribution is 2.30. The molecule has 0 spiro atoms. The van der Waals surface area contributed by atoms with Gasteiger partial charge in [0, 0.05) is 19.2 Å². The van der Waals surface area contributed by atoms with Crippen LogP contribution in [0.15, 0.2) is 35.2 Å². The van der Waals surface area contributed by atoms with E-state index in [-0.39, 0.29) is 16.6 Å². The van der Waals surface area contributed by atoms with Gasteiger partial charge in [0.1, 0.15) is 16.4 Å². The Labute approximate surface area is 173 Å². The van der Waals surface area contributed by atoms with Gasteiger partial charge < -0.3 is 19.3 Å². The summed E-state index contributed by atoms with van der Waals surface area (Å²) in [6, 6.07) is 4.73. The number of carbonyl (C=O) groups excluding carboxylic acids is 1. The molecule has 1 aromatic rings. The number of sulfonamides is 1. The van der Waals surface area contributed by atoms with E-state index in [1.807, 2.05) is 13.8 Å². The largest absolute Gasteiger partial charge is 0.497 e. The smallest absolute Gasteiger partial charge is 0.278 e. The second kappa shape index (κ2) is 10.1. The minimum Gasteiger partial charge on any atom is -0.497 e. The highest BCUT2D eigenvalue weighted by molar-refractivity contribution is 7.89. The molecule has 0 saturated carbocycles. The number of likely N-dealkylation sites (N-methyl/N-ethyl adjacent to an activating group) is 1. The quantitative estimate of drug-likeness (QED) is 0.563. The van der Waals surface area contributed by atoms with Gasteiger partial charge in [-0.25, -0.2) is 8.42 Å². The van der Waals surface area contributed by atoms with Crippen molar-refractivity contribution in [1.29, 1.82) is 0 Å². The number of benzene rings is 1. The lowest BCUT2D eigenvalue weighted by Gasteiger charge is -2.32. The molecule has 29 heavy (non-hydrogen) atoms. The van der Waals surface area contributed by atoms with Crippen LogP contribution in [-0.2, 0) is 14.8 Å². The van der Waals surface area contributed by atoms with E-state index < -0.39 is 10.0 Å². The molecular weight excluding hydrogens is 394 g/mol. The topological polar surface area (TPSA) is 80.6 Å². The van der Waals surface area contributed by atoms with E-state index >= 15 is 0 Å². The molecule has 1 amide bonds. The maximum atomic E-state index is 13.1. The second-order valence-corrected chi connectivity index (χ2v) is 9.12. The third-order valence-electron chi connectivity index (χ3n) is 5.01. The van der Waals surface area contributed by atoms with Gasteiger partial charge in [-0.3, -0.25) is 4.79 Å². The average molecular weight is 427 g/mol. The molecule has 0 aliphatic carbocycles. The molecule has 1 fully saturated rings. The van der Waals surface area contributed by atoms with E-state index in [9.17, 15) is 13.2 Å². The second-order valence-electron chi connectivity index (χ2n) is 7.21. The third-order valence-corrected chi connectivity index (χ3v) is 6.93. The number of methoxy groups -OCH3 is 2. The van der Waals surface area contributed by atoms with Gasteiger partial charge in [-0.05, 0) is 26.0 Å². The summed E-state index contributed by atoms with van der Waals surface area (Å²) >= 11 is 0. The molecule has 0 unspecified atom stereocenters. The molecule has 0 bridgehead atoms. The van der Waals surface area contributed by atoms with Crippen LogP contribution in [0.3, 0.4) is 0 Å². The van der Waals surface area contributed by atoms with E-state index in [1.165, 1.54) is 24.6 Å². The van der Waals surface area contributed by atoms with Crippen molar-refractivity contribution >= 4 is 15.9 Å². The van der Waals surface area contributed by atoms with E-state index in [1.54, 1.807) is 17.0 Å². The zero-order valence-electron chi connectivity index (χ0n) is 17.7. The fourth-order valence-corrected chi connectivity index (χ4v) is 4.98. The SMILES string of the molecule is C=C(C)CN(CC)C(=O)C[NH+]1CCN(S(=O)(=O)c2cc(OC)ccc2OC)CC1. The number of hydrogen-bond donors (Lipinski definition) is 1. The Morgan fingerprint density at radius 1 is 1.24 bits per heavy atom. The molecule has 1 aliphatic heterocycles. The van der Waals surface area contributed by atoms with E-state index in [0.717, 1.165) is 10.5 Å². The number of hydrogen-bond acceptors (Lipinski definition) is 5. The Morgan fingerprint density at radius 2 is 1.90 bits per heavy atom. The molecule has 1 heterocycles. The maximum absolute atomic E-state index is 13.1. The Bertz CT molecular complexity index is 833. The Morgan fingerprint density at radius 3 is 2.41 bits per heavy atom. The van der Waals surface area contributed by atoms with Gasteiger partial charge in [0.15, 0.2) is 6.54 Å². The summed E-state index contributed by atoms with van der Waals surface area (Å²) in [5, 5.41) is 0. The van der Waals surface area contributed by atoms with Crippen molar-refractivity contribution in [3.05, 3.63) is 30.4 Å². The van der Waals surface area contributed by atoms with Gasteiger partial charge in [0.05, 0.1) is 40.4 Å². The van der Waals surface area contributed by atoms with Gasteiger partial charge in [0.2, 0.25) is 10.0 Å². The third kappa shape index (κ3) is 5.71. The molecule has 8 nitrogen and oxygen atoms in total. The summed E-state index contributed by atoms with van der Waals surface area (Å²) in [7, 11) is -0.784. The summed E-state index contributed by atoms with van der Waals surface area (Å²) in [5.74, 6) is 0.807. The van der Waals surface area contributed by atoms with Gasteiger partial charge in [-0.1, -0.05) is 12.2 Å². The molecule has 1 aliphatic rings. The maximum Gasteiger partial charge on any atom is 0.278 e. The molecule has 1 N–H and O–H groups in total. The Hall–Kier alpha value is -2.10. The Kier molecular flexibility index (Phi) is 8.06. The number of carbonyl (C=O) groups is 1. The monoisotopic (exact) mass is 426 g/mol. The number of nitrogens with one attached hydrogen (secondary N) is 1. The zero-order valence-corrected chi connectivity index (χ0v) is 18.5. The van der Waals surface area contributed by atoms with Crippen LogP contribution in [0.25, 0.3) is 0 Å². The van der Waals surface area contributed by atoms with Crippen molar-refractivity contribution in [3.8, 4) is 11.5 Å². The lowest BCUT2D eigenvalue weighted by molar-refractivity contribution is -0.896. The molecular formula is C20H32N3O5S+. The summed E-state index contributed by atoms with van der Waals surface area (Å²) < 4.78 is 38.1. The van der Waals surface area contributed by atoms with Gasteiger partial charge >= 0.3 is 0 Å². The molecule has 0 aromatic heterocycles.